The second-order valence-corrected chi connectivity index (χ2v) is 6.26. The molecule has 0 amide bonds. The number of aromatic amines is 1. The molecule has 0 spiro atoms. The number of fused-ring (bicyclic) bond motifs is 1. The van der Waals surface area contributed by atoms with Crippen LogP contribution in [-0.2, 0) is 0 Å². The first-order valence-corrected chi connectivity index (χ1v) is 9.10. The number of hydrogen-bond donors (Lipinski definition) is 1. The third-order valence-corrected chi connectivity index (χ3v) is 4.71. The number of nitrogens with one attached hydrogen (secondary N) is 1. The molecule has 2 aromatic carbocycles. The maximum atomic E-state index is 12.5. The molecular formula is C21H21N5O. The monoisotopic (exact) mass is 359 g/mol. The molecule has 0 atom stereocenters. The topological polar surface area (TPSA) is 66.8 Å². The van der Waals surface area contributed by atoms with Crippen LogP contribution >= 0.6 is 0 Å². The molecule has 6 nitrogen and oxygen atoms in total. The fourth-order valence-corrected chi connectivity index (χ4v) is 3.23. The van der Waals surface area contributed by atoms with Crippen molar-refractivity contribution in [1.82, 2.24) is 19.7 Å². The fraction of sp³-hybridized carbons (Fsp3) is 0.190. The highest BCUT2D eigenvalue weighted by molar-refractivity contribution is 5.77. The summed E-state index contributed by atoms with van der Waals surface area (Å²) in [5.41, 5.74) is 3.25. The first-order chi connectivity index (χ1) is 13.2. The molecule has 0 aliphatic heterocycles. The lowest BCUT2D eigenvalue weighted by Gasteiger charge is -2.21. The largest absolute Gasteiger partial charge is 0.372 e. The van der Waals surface area contributed by atoms with Gasteiger partial charge in [0.1, 0.15) is 11.2 Å². The van der Waals surface area contributed by atoms with E-state index in [2.05, 4.69) is 45.9 Å². The lowest BCUT2D eigenvalue weighted by molar-refractivity contribution is 0.866. The van der Waals surface area contributed by atoms with Crippen LogP contribution < -0.4 is 10.5 Å². The van der Waals surface area contributed by atoms with E-state index in [1.165, 1.54) is 0 Å². The Balaban J connectivity index is 1.80. The number of aromatic nitrogens is 4. The van der Waals surface area contributed by atoms with Gasteiger partial charge in [-0.25, -0.2) is 9.67 Å². The summed E-state index contributed by atoms with van der Waals surface area (Å²) < 4.78 is 1.69. The summed E-state index contributed by atoms with van der Waals surface area (Å²) in [5.74, 6) is 0.538. The molecule has 2 aromatic heterocycles. The van der Waals surface area contributed by atoms with Crippen molar-refractivity contribution in [2.75, 3.05) is 18.0 Å². The van der Waals surface area contributed by atoms with Gasteiger partial charge in [-0.05, 0) is 50.2 Å². The van der Waals surface area contributed by atoms with E-state index < -0.39 is 0 Å². The summed E-state index contributed by atoms with van der Waals surface area (Å²) in [6.07, 6.45) is 1.56. The standard InChI is InChI=1S/C21H21N5O/c1-3-25(4-2)16-12-10-15(11-13-16)19-23-20-18(21(27)24-19)14-22-26(20)17-8-6-5-7-9-17/h5-14H,3-4H2,1-2H3,(H,23,24,27). The summed E-state index contributed by atoms with van der Waals surface area (Å²) >= 11 is 0. The summed E-state index contributed by atoms with van der Waals surface area (Å²) in [6.45, 7) is 6.17. The Kier molecular flexibility index (Phi) is 4.46. The normalized spacial score (nSPS) is 11.0. The van der Waals surface area contributed by atoms with Gasteiger partial charge >= 0.3 is 0 Å². The molecular weight excluding hydrogens is 338 g/mol. The maximum absolute atomic E-state index is 12.5. The van der Waals surface area contributed by atoms with E-state index in [1.54, 1.807) is 10.9 Å². The molecule has 0 aliphatic rings. The lowest BCUT2D eigenvalue weighted by Crippen LogP contribution is -2.21. The average Bonchev–Trinajstić information content (AvgIpc) is 3.15. The summed E-state index contributed by atoms with van der Waals surface area (Å²) in [4.78, 5) is 22.4. The Morgan fingerprint density at radius 2 is 1.70 bits per heavy atom. The summed E-state index contributed by atoms with van der Waals surface area (Å²) in [6, 6.07) is 17.8. The highest BCUT2D eigenvalue weighted by atomic mass is 16.1. The van der Waals surface area contributed by atoms with Gasteiger partial charge in [0.05, 0.1) is 11.9 Å². The van der Waals surface area contributed by atoms with E-state index in [9.17, 15) is 4.79 Å². The van der Waals surface area contributed by atoms with Gasteiger partial charge < -0.3 is 9.88 Å². The van der Waals surface area contributed by atoms with Crippen LogP contribution in [0.3, 0.4) is 0 Å². The van der Waals surface area contributed by atoms with Crippen molar-refractivity contribution in [3.8, 4) is 17.1 Å². The van der Waals surface area contributed by atoms with Crippen LogP contribution in [0.5, 0.6) is 0 Å². The third kappa shape index (κ3) is 3.10. The van der Waals surface area contributed by atoms with Gasteiger partial charge in [-0.2, -0.15) is 5.10 Å². The molecule has 1 N–H and O–H groups in total. The van der Waals surface area contributed by atoms with Crippen LogP contribution in [0.1, 0.15) is 13.8 Å². The third-order valence-electron chi connectivity index (χ3n) is 4.71. The average molecular weight is 359 g/mol. The Bertz CT molecular complexity index is 1110. The van der Waals surface area contributed by atoms with Crippen molar-refractivity contribution in [3.05, 3.63) is 71.1 Å². The van der Waals surface area contributed by atoms with Gasteiger partial charge in [0.2, 0.25) is 0 Å². The van der Waals surface area contributed by atoms with Gasteiger partial charge in [-0.1, -0.05) is 18.2 Å². The zero-order chi connectivity index (χ0) is 18.8. The summed E-state index contributed by atoms with van der Waals surface area (Å²) in [7, 11) is 0. The van der Waals surface area contributed by atoms with E-state index in [-0.39, 0.29) is 5.56 Å². The Labute approximate surface area is 157 Å². The van der Waals surface area contributed by atoms with Crippen molar-refractivity contribution in [1.29, 1.82) is 0 Å². The molecule has 0 saturated heterocycles. The molecule has 6 heteroatoms. The molecule has 136 valence electrons. The van der Waals surface area contributed by atoms with E-state index in [1.807, 2.05) is 42.5 Å². The molecule has 2 heterocycles. The molecule has 0 radical (unpaired) electrons. The minimum absolute atomic E-state index is 0.190. The van der Waals surface area contributed by atoms with Crippen LogP contribution in [0, 0.1) is 0 Å². The number of rotatable bonds is 5. The molecule has 4 aromatic rings. The van der Waals surface area contributed by atoms with E-state index >= 15 is 0 Å². The molecule has 0 bridgehead atoms. The van der Waals surface area contributed by atoms with E-state index in [0.29, 0.717) is 16.9 Å². The molecule has 0 aliphatic carbocycles. The predicted molar refractivity (Wildman–Crippen MR) is 108 cm³/mol. The van der Waals surface area contributed by atoms with Gasteiger partial charge in [0, 0.05) is 24.3 Å². The molecule has 27 heavy (non-hydrogen) atoms. The van der Waals surface area contributed by atoms with E-state index in [4.69, 9.17) is 0 Å². The van der Waals surface area contributed by atoms with Crippen molar-refractivity contribution in [3.63, 3.8) is 0 Å². The maximum Gasteiger partial charge on any atom is 0.262 e. The number of H-pyrrole nitrogens is 1. The number of nitrogens with zero attached hydrogens (tertiary/aromatic N) is 4. The van der Waals surface area contributed by atoms with Crippen molar-refractivity contribution in [2.24, 2.45) is 0 Å². The van der Waals surface area contributed by atoms with Crippen LogP contribution in [0.25, 0.3) is 28.1 Å². The first-order valence-electron chi connectivity index (χ1n) is 9.10. The van der Waals surface area contributed by atoms with Gasteiger partial charge in [0.15, 0.2) is 5.65 Å². The number of benzene rings is 2. The molecule has 4 rings (SSSR count). The first kappa shape index (κ1) is 17.0. The van der Waals surface area contributed by atoms with Gasteiger partial charge in [0.25, 0.3) is 5.56 Å². The second kappa shape index (κ2) is 7.07. The van der Waals surface area contributed by atoms with Crippen LogP contribution in [-0.4, -0.2) is 32.8 Å². The minimum Gasteiger partial charge on any atom is -0.372 e. The highest BCUT2D eigenvalue weighted by Crippen LogP contribution is 2.22. The van der Waals surface area contributed by atoms with Crippen molar-refractivity contribution >= 4 is 16.7 Å². The second-order valence-electron chi connectivity index (χ2n) is 6.26. The van der Waals surface area contributed by atoms with Crippen LogP contribution in [0.4, 0.5) is 5.69 Å². The Morgan fingerprint density at radius 3 is 2.37 bits per heavy atom. The Morgan fingerprint density at radius 1 is 1.00 bits per heavy atom. The van der Waals surface area contributed by atoms with Crippen LogP contribution in [0.15, 0.2) is 65.6 Å². The number of para-hydroxylation sites is 1. The van der Waals surface area contributed by atoms with Crippen molar-refractivity contribution < 1.29 is 0 Å². The zero-order valence-corrected chi connectivity index (χ0v) is 15.4. The molecule has 0 saturated carbocycles. The predicted octanol–water partition coefficient (Wildman–Crippen LogP) is 3.62. The SMILES string of the molecule is CCN(CC)c1ccc(-c2nc3c(cnn3-c3ccccc3)c(=O)[nH]2)cc1. The Hall–Kier alpha value is -3.41. The number of anilines is 1. The van der Waals surface area contributed by atoms with Gasteiger partial charge in [-0.15, -0.1) is 0 Å². The van der Waals surface area contributed by atoms with Crippen LogP contribution in [0.2, 0.25) is 0 Å². The quantitative estimate of drug-likeness (QED) is 0.591. The van der Waals surface area contributed by atoms with Crippen molar-refractivity contribution in [2.45, 2.75) is 13.8 Å². The fourth-order valence-electron chi connectivity index (χ4n) is 3.23. The number of hydrogen-bond acceptors (Lipinski definition) is 4. The highest BCUT2D eigenvalue weighted by Gasteiger charge is 2.12. The van der Waals surface area contributed by atoms with Gasteiger partial charge in [-0.3, -0.25) is 4.79 Å². The smallest absolute Gasteiger partial charge is 0.262 e. The van der Waals surface area contributed by atoms with E-state index in [0.717, 1.165) is 30.0 Å². The minimum atomic E-state index is -0.190. The molecule has 0 unspecified atom stereocenters. The summed E-state index contributed by atoms with van der Waals surface area (Å²) in [5, 5.41) is 4.82. The lowest BCUT2D eigenvalue weighted by atomic mass is 10.1. The zero-order valence-electron chi connectivity index (χ0n) is 15.4. The molecule has 0 fully saturated rings.